The third-order valence-electron chi connectivity index (χ3n) is 12.8. The Morgan fingerprint density at radius 3 is 1.46 bits per heavy atom. The van der Waals surface area contributed by atoms with Gasteiger partial charge < -0.3 is 47.5 Å². The van der Waals surface area contributed by atoms with Gasteiger partial charge >= 0.3 is 70.8 Å². The summed E-state index contributed by atoms with van der Waals surface area (Å²) in [6.45, 7) is 8.29. The number of methoxy groups -OCH3 is 2. The standard InChI is InChI=1S/C24H31N3O5S.C12H19N3O3S.C11H13NO3.CH4.CH3.3HI.2V/c1-16-23-19(6-4-5-7-20(23)28)24(25-16)21(29)15-17-14-18(8-9-22(17)32-3)33(30,31)27-12-10-26(2)11-13-27;1-14-5-7-15(8-6-14)19(16,17)10-3-4-12(18-2)11(13)9-10;1-6-9-7(10(12-6)11(14)15)4-2-3-5-8(9)13;;;;;;;/h8-9,14,25H,4-7,10-13,15H2,1-3H3;3-4,9H,5-8,13H2,1-2H3;12H,2-5H2,1H3,(H,14,15);1H4;1H3;3*1H;;/q;;;;-1;;;;;+3/p-3. The molecule has 0 atom stereocenters. The molecule has 2 saturated heterocycles. The molecule has 0 spiro atoms. The van der Waals surface area contributed by atoms with Crippen LogP contribution < -0.4 is 15.2 Å². The quantitative estimate of drug-likeness (QED) is 0.0383. The Morgan fingerprint density at radius 2 is 1.05 bits per heavy atom. The van der Waals surface area contributed by atoms with Crippen LogP contribution in [-0.2, 0) is 62.8 Å². The Morgan fingerprint density at radius 1 is 0.676 bits per heavy atom. The van der Waals surface area contributed by atoms with Gasteiger partial charge in [0.25, 0.3) is 0 Å². The Hall–Kier alpha value is -2.02. The molecule has 1 radical (unpaired) electrons. The summed E-state index contributed by atoms with van der Waals surface area (Å²) < 4.78 is 64.8. The number of halogens is 3. The van der Waals surface area contributed by atoms with Crippen LogP contribution in [0.15, 0.2) is 46.2 Å². The molecule has 4 heterocycles. The van der Waals surface area contributed by atoms with Gasteiger partial charge in [-0.05, 0) is 114 Å². The Labute approximate surface area is 487 Å². The maximum Gasteiger partial charge on any atom is 0 e. The molecule has 0 amide bonds. The maximum absolute atomic E-state index is 13.3. The number of sulfonamides is 2. The molecule has 74 heavy (non-hydrogen) atoms. The number of ether oxygens (including phenoxy) is 2. The van der Waals surface area contributed by atoms with E-state index in [4.69, 9.17) is 20.3 Å². The number of hydrogen-bond donors (Lipinski definition) is 4. The Balaban J connectivity index is 0.000000389. The van der Waals surface area contributed by atoms with Crippen molar-refractivity contribution in [3.05, 3.63) is 94.4 Å². The van der Waals surface area contributed by atoms with Crippen LogP contribution in [0.3, 0.4) is 0 Å². The van der Waals surface area contributed by atoms with E-state index in [0.717, 1.165) is 50.0 Å². The largest absolute Gasteiger partial charge is 0 e. The minimum atomic E-state index is -3.67. The van der Waals surface area contributed by atoms with Gasteiger partial charge in [0.05, 0.1) is 35.4 Å². The minimum absolute atomic E-state index is 0. The number of hydrogen-bond acceptors (Lipinski definition) is 13. The van der Waals surface area contributed by atoms with E-state index < -0.39 is 26.0 Å². The van der Waals surface area contributed by atoms with E-state index >= 15 is 0 Å². The molecule has 2 aromatic carbocycles. The molecule has 0 saturated carbocycles. The summed E-state index contributed by atoms with van der Waals surface area (Å²) in [6.07, 6.45) is 5.80. The molecule has 4 aromatic rings. The second-order valence-corrected chi connectivity index (χ2v) is 56.9. The number of likely N-dealkylation sites (N-methyl/N-ethyl adjacent to an activating group) is 2. The van der Waals surface area contributed by atoms with Crippen molar-refractivity contribution in [3.8, 4) is 11.5 Å². The fourth-order valence-electron chi connectivity index (χ4n) is 9.00. The molecule has 0 unspecified atom stereocenters. The molecule has 2 fully saturated rings. The number of nitrogens with zero attached hydrogens (tertiary/aromatic N) is 4. The van der Waals surface area contributed by atoms with Crippen molar-refractivity contribution in [2.45, 2.75) is 88.9 Å². The van der Waals surface area contributed by atoms with E-state index in [0.29, 0.717) is 116 Å². The van der Waals surface area contributed by atoms with Gasteiger partial charge in [-0.3, -0.25) is 14.4 Å². The number of piperazine rings is 2. The molecular formula is C49H70I3N7O11S2V2-. The zero-order chi connectivity index (χ0) is 52.4. The van der Waals surface area contributed by atoms with Crippen LogP contribution >= 0.6 is 59.9 Å². The van der Waals surface area contributed by atoms with Crippen LogP contribution in [-0.4, -0.2) is 154 Å². The molecular weight excluding hydrogens is 1410 g/mol. The van der Waals surface area contributed by atoms with Gasteiger partial charge in [-0.25, -0.2) is 21.6 Å². The number of aryl methyl sites for hydroxylation is 2. The van der Waals surface area contributed by atoms with Crippen LogP contribution in [0.5, 0.6) is 11.5 Å². The van der Waals surface area contributed by atoms with Crippen molar-refractivity contribution in [2.24, 2.45) is 0 Å². The van der Waals surface area contributed by atoms with Gasteiger partial charge in [0, 0.05) is 118 Å². The number of ketones is 3. The normalized spacial score (nSPS) is 16.5. The van der Waals surface area contributed by atoms with Crippen LogP contribution in [0.4, 0.5) is 5.69 Å². The van der Waals surface area contributed by atoms with Gasteiger partial charge in [0.15, 0.2) is 17.3 Å². The first kappa shape index (κ1) is 68.1. The fourth-order valence-corrected chi connectivity index (χ4v) is 11.9. The summed E-state index contributed by atoms with van der Waals surface area (Å²) in [5.74, 6) is -0.0594. The molecule has 8 rings (SSSR count). The van der Waals surface area contributed by atoms with E-state index in [2.05, 4.69) is 79.7 Å². The first-order chi connectivity index (χ1) is 33.5. The fraction of sp³-hybridized carbons (Fsp3) is 0.490. The average molecular weight is 1480 g/mol. The predicted octanol–water partition coefficient (Wildman–Crippen LogP) is 8.48. The summed E-state index contributed by atoms with van der Waals surface area (Å²) >= 11 is 7.39. The number of Topliss-reactive ketones (excluding diaryl/α,β-unsaturated/α-hetero) is 3. The molecule has 5 N–H and O–H groups in total. The van der Waals surface area contributed by atoms with Crippen LogP contribution in [0, 0.1) is 21.3 Å². The molecule has 2 aliphatic heterocycles. The number of H-pyrrole nitrogens is 2. The van der Waals surface area contributed by atoms with Crippen molar-refractivity contribution in [3.63, 3.8) is 0 Å². The van der Waals surface area contributed by atoms with Gasteiger partial charge in [-0.2, -0.15) is 8.61 Å². The number of fused-ring (bicyclic) bond motifs is 2. The van der Waals surface area contributed by atoms with Crippen molar-refractivity contribution >= 4 is 109 Å². The summed E-state index contributed by atoms with van der Waals surface area (Å²) in [5.41, 5.74) is 11.4. The number of anilines is 1. The molecule has 25 heteroatoms. The predicted molar refractivity (Wildman–Crippen MR) is 308 cm³/mol. The third kappa shape index (κ3) is 17.5. The number of nitrogens with two attached hydrogens (primary N) is 1. The number of carboxylic acids is 1. The maximum atomic E-state index is 13.3. The number of nitrogen functional groups attached to an aromatic ring is 1. The first-order valence-corrected chi connectivity index (χ1v) is 39.4. The van der Waals surface area contributed by atoms with E-state index in [1.54, 1.807) is 25.1 Å². The topological polar surface area (TPSA) is 246 Å². The molecule has 18 nitrogen and oxygen atoms in total. The van der Waals surface area contributed by atoms with E-state index in [1.807, 2.05) is 21.0 Å². The zero-order valence-corrected chi connectivity index (χ0v) is 53.1. The monoisotopic (exact) mass is 1480 g/mol. The summed E-state index contributed by atoms with van der Waals surface area (Å²) in [7, 11) is -0.177. The molecule has 0 bridgehead atoms. The summed E-state index contributed by atoms with van der Waals surface area (Å²) in [4.78, 5) is 58.8. The number of carboxylic acid groups (broad SMARTS) is 1. The van der Waals surface area contributed by atoms with Crippen LogP contribution in [0.1, 0.15) is 116 Å². The summed E-state index contributed by atoms with van der Waals surface area (Å²) in [5, 5.41) is 8.99. The van der Waals surface area contributed by atoms with Crippen LogP contribution in [0.25, 0.3) is 0 Å². The second kappa shape index (κ2) is 30.9. The van der Waals surface area contributed by atoms with Gasteiger partial charge in [-0.15, -0.1) is 0 Å². The zero-order valence-electron chi connectivity index (χ0n) is 42.2. The van der Waals surface area contributed by atoms with Gasteiger partial charge in [0.1, 0.15) is 17.2 Å². The van der Waals surface area contributed by atoms with Crippen molar-refractivity contribution < 1.29 is 74.1 Å². The minimum Gasteiger partial charge on any atom is 0 e. The molecule has 4 aliphatic rings. The third-order valence-corrected chi connectivity index (χ3v) is 16.6. The number of benzene rings is 2. The smallest absolute Gasteiger partial charge is 0 e. The molecule has 2 aliphatic carbocycles. The van der Waals surface area contributed by atoms with E-state index in [-0.39, 0.29) is 77.6 Å². The van der Waals surface area contributed by atoms with Crippen molar-refractivity contribution in [2.75, 3.05) is 86.4 Å². The number of nitrogens with one attached hydrogen (secondary N) is 2. The van der Waals surface area contributed by atoms with E-state index in [9.17, 15) is 36.0 Å². The average Bonchev–Trinajstić information content (AvgIpc) is 3.67. The summed E-state index contributed by atoms with van der Waals surface area (Å²) in [6, 6.07) is 9.25. The van der Waals surface area contributed by atoms with Crippen molar-refractivity contribution in [1.29, 1.82) is 0 Å². The molecule has 2 aromatic heterocycles. The number of carbonyl (C=O) groups is 4. The van der Waals surface area contributed by atoms with Crippen molar-refractivity contribution in [1.82, 2.24) is 28.4 Å². The second-order valence-electron chi connectivity index (χ2n) is 17.6. The van der Waals surface area contributed by atoms with E-state index in [1.165, 1.54) is 41.0 Å². The number of aromatic amines is 2. The van der Waals surface area contributed by atoms with Crippen LogP contribution in [0.2, 0.25) is 0 Å². The Kier molecular flexibility index (Phi) is 28.5. The molecule has 411 valence electrons. The first-order valence-electron chi connectivity index (χ1n) is 23.0. The SMILES string of the molecule is C.COc1ccc(S(=O)(=O)N2CCN(C)CC2)cc1CC(=O)c1[nH]c(C)c2c1CCCCC2=O.COc1ccc(S(=O)(=O)N2CCN(C)CC2)cc1N.Cc1[nH]c(C(=O)O)c2c1C(=O)CCCC2.[CH3-].[I][V]([I])[I].[V]. The number of carbonyl (C=O) groups excluding carboxylic acids is 3. The number of aromatic carboxylic acids is 1. The number of aromatic nitrogens is 2. The van der Waals surface area contributed by atoms with Gasteiger partial charge in [0.2, 0.25) is 20.0 Å². The number of rotatable bonds is 10. The Bertz CT molecular complexity index is 2790. The van der Waals surface area contributed by atoms with Gasteiger partial charge in [-0.1, -0.05) is 7.43 Å².